The molecule has 0 saturated carbocycles. The fraction of sp³-hybridized carbons (Fsp3) is 0.125. The van der Waals surface area contributed by atoms with Gasteiger partial charge in [0.25, 0.3) is 0 Å². The number of Topliss-reactive ketones (excluding diaryl/α,β-unsaturated/α-hetero) is 1. The minimum Gasteiger partial charge on any atom is -0.358 e. The van der Waals surface area contributed by atoms with Gasteiger partial charge in [-0.1, -0.05) is 24.2 Å². The van der Waals surface area contributed by atoms with E-state index in [2.05, 4.69) is 16.9 Å². The monoisotopic (exact) mass is 286 g/mol. The molecule has 1 aromatic carbocycles. The van der Waals surface area contributed by atoms with Crippen LogP contribution in [0.15, 0.2) is 55.0 Å². The zero-order chi connectivity index (χ0) is 14.5. The first kappa shape index (κ1) is 14.3. The van der Waals surface area contributed by atoms with E-state index in [1.807, 2.05) is 25.1 Å². The summed E-state index contributed by atoms with van der Waals surface area (Å²) in [6, 6.07) is 9.14. The number of halogens is 1. The molecule has 2 rings (SSSR count). The van der Waals surface area contributed by atoms with Crippen molar-refractivity contribution in [2.24, 2.45) is 0 Å². The summed E-state index contributed by atoms with van der Waals surface area (Å²) in [6.07, 6.45) is 3.39. The molecule has 1 N–H and O–H groups in total. The van der Waals surface area contributed by atoms with Crippen molar-refractivity contribution in [2.75, 3.05) is 5.32 Å². The number of benzene rings is 1. The van der Waals surface area contributed by atoms with Crippen LogP contribution in [0.3, 0.4) is 0 Å². The van der Waals surface area contributed by atoms with E-state index in [1.54, 1.807) is 24.5 Å². The molecule has 2 aromatic rings. The summed E-state index contributed by atoms with van der Waals surface area (Å²) in [4.78, 5) is 16.0. The highest BCUT2D eigenvalue weighted by Gasteiger charge is 2.09. The van der Waals surface area contributed by atoms with Crippen molar-refractivity contribution in [1.29, 1.82) is 0 Å². The number of carbonyl (C=O) groups is 1. The molecule has 0 aliphatic rings. The van der Waals surface area contributed by atoms with Crippen LogP contribution in [-0.2, 0) is 0 Å². The van der Waals surface area contributed by atoms with Crippen LogP contribution in [0, 0.1) is 6.92 Å². The van der Waals surface area contributed by atoms with E-state index in [0.29, 0.717) is 16.3 Å². The third-order valence-electron chi connectivity index (χ3n) is 2.79. The average molecular weight is 287 g/mol. The molecule has 0 bridgehead atoms. The maximum absolute atomic E-state index is 12.0. The maximum Gasteiger partial charge on any atom is 0.170 e. The van der Waals surface area contributed by atoms with Crippen LogP contribution in [-0.4, -0.2) is 10.8 Å². The Balaban J connectivity index is 2.03. The highest BCUT2D eigenvalue weighted by Crippen LogP contribution is 2.24. The second kappa shape index (κ2) is 6.35. The first-order chi connectivity index (χ1) is 9.56. The Morgan fingerprint density at radius 2 is 2.20 bits per heavy atom. The van der Waals surface area contributed by atoms with E-state index in [9.17, 15) is 4.79 Å². The van der Waals surface area contributed by atoms with E-state index < -0.39 is 0 Å². The van der Waals surface area contributed by atoms with Crippen molar-refractivity contribution in [2.45, 2.75) is 13.3 Å². The molecule has 1 aromatic heterocycles. The molecule has 0 amide bonds. The normalized spacial score (nSPS) is 10.1. The Bertz CT molecular complexity index is 638. The van der Waals surface area contributed by atoms with Gasteiger partial charge < -0.3 is 5.32 Å². The summed E-state index contributed by atoms with van der Waals surface area (Å²) >= 11 is 6.10. The van der Waals surface area contributed by atoms with Crippen LogP contribution in [0.2, 0.25) is 5.02 Å². The standard InChI is InChI=1S/C16H15ClN2O/c1-11-5-6-14(17)15(8-11)19-12(2)9-16(20)13-4-3-7-18-10-13/h3-8,10,19H,2,9H2,1H3. The molecule has 4 heteroatoms. The average Bonchev–Trinajstić information content (AvgIpc) is 2.43. The molecule has 1 heterocycles. The van der Waals surface area contributed by atoms with Crippen molar-refractivity contribution in [3.63, 3.8) is 0 Å². The van der Waals surface area contributed by atoms with Crippen LogP contribution in [0.4, 0.5) is 5.69 Å². The number of pyridine rings is 1. The van der Waals surface area contributed by atoms with Gasteiger partial charge in [0.05, 0.1) is 17.1 Å². The molecule has 0 unspecified atom stereocenters. The predicted octanol–water partition coefficient (Wildman–Crippen LogP) is 4.24. The predicted molar refractivity (Wildman–Crippen MR) is 82.1 cm³/mol. The molecule has 0 radical (unpaired) electrons. The van der Waals surface area contributed by atoms with Gasteiger partial charge in [-0.3, -0.25) is 9.78 Å². The van der Waals surface area contributed by atoms with Crippen LogP contribution < -0.4 is 5.32 Å². The largest absolute Gasteiger partial charge is 0.358 e. The highest BCUT2D eigenvalue weighted by molar-refractivity contribution is 6.33. The minimum atomic E-state index is -0.0284. The van der Waals surface area contributed by atoms with E-state index in [4.69, 9.17) is 11.6 Å². The number of nitrogens with one attached hydrogen (secondary N) is 1. The van der Waals surface area contributed by atoms with Gasteiger partial charge in [-0.25, -0.2) is 0 Å². The summed E-state index contributed by atoms with van der Waals surface area (Å²) in [5, 5.41) is 3.69. The van der Waals surface area contributed by atoms with E-state index >= 15 is 0 Å². The van der Waals surface area contributed by atoms with Gasteiger partial charge in [0.1, 0.15) is 0 Å². The summed E-state index contributed by atoms with van der Waals surface area (Å²) in [6.45, 7) is 5.85. The Morgan fingerprint density at radius 1 is 1.40 bits per heavy atom. The lowest BCUT2D eigenvalue weighted by Gasteiger charge is -2.11. The fourth-order valence-corrected chi connectivity index (χ4v) is 1.96. The number of hydrogen-bond donors (Lipinski definition) is 1. The number of ketones is 1. The van der Waals surface area contributed by atoms with Crippen LogP contribution in [0.1, 0.15) is 22.3 Å². The second-order valence-corrected chi connectivity index (χ2v) is 4.96. The summed E-state index contributed by atoms with van der Waals surface area (Å²) in [5.74, 6) is -0.0284. The Morgan fingerprint density at radius 3 is 2.90 bits per heavy atom. The van der Waals surface area contributed by atoms with Gasteiger partial charge >= 0.3 is 0 Å². The van der Waals surface area contributed by atoms with Crippen molar-refractivity contribution < 1.29 is 4.79 Å². The summed E-state index contributed by atoms with van der Waals surface area (Å²) in [5.41, 5.74) is 3.02. The van der Waals surface area contributed by atoms with Gasteiger partial charge in [0.2, 0.25) is 0 Å². The fourth-order valence-electron chi connectivity index (χ4n) is 1.79. The molecule has 102 valence electrons. The first-order valence-electron chi connectivity index (χ1n) is 6.20. The quantitative estimate of drug-likeness (QED) is 0.836. The number of nitrogens with zero attached hydrogens (tertiary/aromatic N) is 1. The maximum atomic E-state index is 12.0. The molecule has 0 spiro atoms. The number of aromatic nitrogens is 1. The lowest BCUT2D eigenvalue weighted by molar-refractivity contribution is 0.0993. The topological polar surface area (TPSA) is 42.0 Å². The Kier molecular flexibility index (Phi) is 4.53. The number of allylic oxidation sites excluding steroid dienone is 1. The number of aryl methyl sites for hydroxylation is 1. The number of anilines is 1. The molecular weight excluding hydrogens is 272 g/mol. The van der Waals surface area contributed by atoms with Crippen molar-refractivity contribution in [3.05, 3.63) is 71.2 Å². The molecule has 3 nitrogen and oxygen atoms in total. The van der Waals surface area contributed by atoms with Gasteiger partial charge in [-0.05, 0) is 36.8 Å². The SMILES string of the molecule is C=C(CC(=O)c1cccnc1)Nc1cc(C)ccc1Cl. The zero-order valence-electron chi connectivity index (χ0n) is 11.2. The molecule has 0 fully saturated rings. The van der Waals surface area contributed by atoms with Crippen molar-refractivity contribution >= 4 is 23.1 Å². The molecule has 20 heavy (non-hydrogen) atoms. The van der Waals surface area contributed by atoms with E-state index in [1.165, 1.54) is 0 Å². The molecule has 0 saturated heterocycles. The van der Waals surface area contributed by atoms with Crippen molar-refractivity contribution in [1.82, 2.24) is 4.98 Å². The Hall–Kier alpha value is -2.13. The first-order valence-corrected chi connectivity index (χ1v) is 6.58. The molecular formula is C16H15ClN2O. The summed E-state index contributed by atoms with van der Waals surface area (Å²) in [7, 11) is 0. The third-order valence-corrected chi connectivity index (χ3v) is 3.12. The molecule has 0 atom stereocenters. The minimum absolute atomic E-state index is 0.0284. The van der Waals surface area contributed by atoms with E-state index in [0.717, 1.165) is 11.3 Å². The van der Waals surface area contributed by atoms with Crippen LogP contribution >= 0.6 is 11.6 Å². The van der Waals surface area contributed by atoms with Crippen LogP contribution in [0.25, 0.3) is 0 Å². The molecule has 0 aliphatic heterocycles. The number of rotatable bonds is 5. The lowest BCUT2D eigenvalue weighted by Crippen LogP contribution is -2.07. The number of carbonyl (C=O) groups excluding carboxylic acids is 1. The molecule has 0 aliphatic carbocycles. The van der Waals surface area contributed by atoms with Gasteiger partial charge in [0, 0.05) is 23.7 Å². The van der Waals surface area contributed by atoms with Gasteiger partial charge in [-0.2, -0.15) is 0 Å². The third kappa shape index (κ3) is 3.68. The van der Waals surface area contributed by atoms with Crippen molar-refractivity contribution in [3.8, 4) is 0 Å². The smallest absolute Gasteiger partial charge is 0.170 e. The van der Waals surface area contributed by atoms with E-state index in [-0.39, 0.29) is 12.2 Å². The number of hydrogen-bond acceptors (Lipinski definition) is 3. The zero-order valence-corrected chi connectivity index (χ0v) is 11.9. The van der Waals surface area contributed by atoms with Crippen LogP contribution in [0.5, 0.6) is 0 Å². The second-order valence-electron chi connectivity index (χ2n) is 4.55. The van der Waals surface area contributed by atoms with Gasteiger partial charge in [0.15, 0.2) is 5.78 Å². The summed E-state index contributed by atoms with van der Waals surface area (Å²) < 4.78 is 0. The highest BCUT2D eigenvalue weighted by atomic mass is 35.5. The van der Waals surface area contributed by atoms with Gasteiger partial charge in [-0.15, -0.1) is 0 Å². The lowest BCUT2D eigenvalue weighted by atomic mass is 10.1. The Labute approximate surface area is 123 Å².